The molecule has 0 atom stereocenters. The second kappa shape index (κ2) is 2.90. The Morgan fingerprint density at radius 2 is 2.00 bits per heavy atom. The van der Waals surface area contributed by atoms with Gasteiger partial charge in [-0.05, 0) is 12.5 Å². The van der Waals surface area contributed by atoms with Crippen molar-refractivity contribution in [2.45, 2.75) is 13.3 Å². The van der Waals surface area contributed by atoms with Gasteiger partial charge in [-0.25, -0.2) is 13.2 Å². The molecule has 0 N–H and O–H groups in total. The van der Waals surface area contributed by atoms with Gasteiger partial charge in [-0.15, -0.1) is 0 Å². The van der Waals surface area contributed by atoms with E-state index in [4.69, 9.17) is 0 Å². The van der Waals surface area contributed by atoms with Crippen LogP contribution in [0.5, 0.6) is 0 Å². The summed E-state index contributed by atoms with van der Waals surface area (Å²) < 4.78 is 36.5. The lowest BCUT2D eigenvalue weighted by atomic mass is 10.2. The van der Waals surface area contributed by atoms with Gasteiger partial charge >= 0.3 is 0 Å². The van der Waals surface area contributed by atoms with Gasteiger partial charge in [0, 0.05) is 11.8 Å². The molecule has 1 rings (SSSR count). The minimum atomic E-state index is -2.65. The third-order valence-corrected chi connectivity index (χ3v) is 1.43. The average Bonchev–Trinajstić information content (AvgIpc) is 1.94. The van der Waals surface area contributed by atoms with Crippen molar-refractivity contribution in [3.8, 4) is 0 Å². The largest absolute Gasteiger partial charge is 0.265 e. The zero-order valence-electron chi connectivity index (χ0n) is 5.81. The molecule has 0 spiro atoms. The molecular formula is C7H6F3N. The topological polar surface area (TPSA) is 12.9 Å². The average molecular weight is 161 g/mol. The highest BCUT2D eigenvalue weighted by Crippen LogP contribution is 2.22. The van der Waals surface area contributed by atoms with Crippen molar-refractivity contribution in [1.82, 2.24) is 4.98 Å². The molecule has 0 aliphatic carbocycles. The van der Waals surface area contributed by atoms with Crippen LogP contribution in [0.3, 0.4) is 0 Å². The zero-order valence-corrected chi connectivity index (χ0v) is 5.81. The number of rotatable bonds is 1. The van der Waals surface area contributed by atoms with Gasteiger partial charge in [0.2, 0.25) is 0 Å². The molecular weight excluding hydrogens is 155 g/mol. The Balaban J connectivity index is 3.17. The second-order valence-electron chi connectivity index (χ2n) is 2.14. The third-order valence-electron chi connectivity index (χ3n) is 1.43. The van der Waals surface area contributed by atoms with E-state index in [1.165, 1.54) is 6.92 Å². The van der Waals surface area contributed by atoms with Gasteiger partial charge in [-0.3, -0.25) is 4.98 Å². The van der Waals surface area contributed by atoms with E-state index in [-0.39, 0.29) is 11.1 Å². The summed E-state index contributed by atoms with van der Waals surface area (Å²) in [4.78, 5) is 3.31. The van der Waals surface area contributed by atoms with Crippen molar-refractivity contribution >= 4 is 0 Å². The lowest BCUT2D eigenvalue weighted by molar-refractivity contribution is 0.149. The highest BCUT2D eigenvalue weighted by Gasteiger charge is 2.12. The Bertz CT molecular complexity index is 260. The summed E-state index contributed by atoms with van der Waals surface area (Å²) in [7, 11) is 0. The van der Waals surface area contributed by atoms with Crippen LogP contribution in [-0.4, -0.2) is 4.98 Å². The molecule has 11 heavy (non-hydrogen) atoms. The van der Waals surface area contributed by atoms with E-state index in [1.54, 1.807) is 0 Å². The lowest BCUT2D eigenvalue weighted by Crippen LogP contribution is -1.94. The minimum Gasteiger partial charge on any atom is -0.261 e. The first-order chi connectivity index (χ1) is 5.13. The van der Waals surface area contributed by atoms with Crippen molar-refractivity contribution in [3.63, 3.8) is 0 Å². The monoisotopic (exact) mass is 161 g/mol. The standard InChI is InChI=1S/C7H6F3N/c1-4-5(7(9)10)2-11-3-6(4)8/h2-3,7H,1H3. The van der Waals surface area contributed by atoms with Crippen LogP contribution in [0, 0.1) is 12.7 Å². The molecule has 0 bridgehead atoms. The maximum atomic E-state index is 12.5. The molecule has 0 radical (unpaired) electrons. The first-order valence-electron chi connectivity index (χ1n) is 3.01. The molecule has 0 aliphatic rings. The van der Waals surface area contributed by atoms with Crippen LogP contribution in [0.4, 0.5) is 13.2 Å². The highest BCUT2D eigenvalue weighted by molar-refractivity contribution is 5.23. The molecule has 0 saturated heterocycles. The van der Waals surface area contributed by atoms with Crippen molar-refractivity contribution in [1.29, 1.82) is 0 Å². The second-order valence-corrected chi connectivity index (χ2v) is 2.14. The molecule has 0 unspecified atom stereocenters. The van der Waals surface area contributed by atoms with E-state index >= 15 is 0 Å². The SMILES string of the molecule is Cc1c(F)cncc1C(F)F. The minimum absolute atomic E-state index is 0.0324. The quantitative estimate of drug-likeness (QED) is 0.616. The number of hydrogen-bond donors (Lipinski definition) is 0. The van der Waals surface area contributed by atoms with Gasteiger partial charge in [0.05, 0.1) is 6.20 Å². The maximum absolute atomic E-state index is 12.5. The normalized spacial score (nSPS) is 10.6. The van der Waals surface area contributed by atoms with Crippen LogP contribution in [-0.2, 0) is 0 Å². The van der Waals surface area contributed by atoms with Crippen LogP contribution in [0.25, 0.3) is 0 Å². The molecule has 1 nitrogen and oxygen atoms in total. The van der Waals surface area contributed by atoms with Gasteiger partial charge in [-0.2, -0.15) is 0 Å². The smallest absolute Gasteiger partial charge is 0.261 e. The van der Waals surface area contributed by atoms with Gasteiger partial charge < -0.3 is 0 Å². The first kappa shape index (κ1) is 8.04. The van der Waals surface area contributed by atoms with Crippen LogP contribution in [0.1, 0.15) is 17.6 Å². The lowest BCUT2D eigenvalue weighted by Gasteiger charge is -2.02. The summed E-state index contributed by atoms with van der Waals surface area (Å²) in [6.07, 6.45) is -0.761. The summed E-state index contributed by atoms with van der Waals surface area (Å²) in [5.41, 5.74) is -0.375. The molecule has 60 valence electrons. The van der Waals surface area contributed by atoms with Crippen LogP contribution in [0.15, 0.2) is 12.4 Å². The Kier molecular flexibility index (Phi) is 2.12. The Morgan fingerprint density at radius 3 is 2.45 bits per heavy atom. The maximum Gasteiger partial charge on any atom is 0.265 e. The number of alkyl halides is 2. The predicted molar refractivity (Wildman–Crippen MR) is 33.9 cm³/mol. The molecule has 0 aromatic carbocycles. The molecule has 4 heteroatoms. The number of hydrogen-bond acceptors (Lipinski definition) is 1. The van der Waals surface area contributed by atoms with Crippen molar-refractivity contribution in [3.05, 3.63) is 29.3 Å². The number of pyridine rings is 1. The molecule has 0 amide bonds. The van der Waals surface area contributed by atoms with Gasteiger partial charge in [0.25, 0.3) is 6.43 Å². The van der Waals surface area contributed by atoms with Gasteiger partial charge in [0.15, 0.2) is 0 Å². The summed E-state index contributed by atoms with van der Waals surface area (Å²) >= 11 is 0. The number of aromatic nitrogens is 1. The molecule has 0 fully saturated rings. The van der Waals surface area contributed by atoms with Gasteiger partial charge in [-0.1, -0.05) is 0 Å². The fraction of sp³-hybridized carbons (Fsp3) is 0.286. The van der Waals surface area contributed by atoms with Gasteiger partial charge in [0.1, 0.15) is 5.82 Å². The zero-order chi connectivity index (χ0) is 8.43. The molecule has 0 aliphatic heterocycles. The Hall–Kier alpha value is -1.06. The predicted octanol–water partition coefficient (Wildman–Crippen LogP) is 2.47. The van der Waals surface area contributed by atoms with E-state index in [2.05, 4.69) is 4.98 Å². The third kappa shape index (κ3) is 1.50. The first-order valence-corrected chi connectivity index (χ1v) is 3.01. The number of halogens is 3. The van der Waals surface area contributed by atoms with Crippen molar-refractivity contribution in [2.24, 2.45) is 0 Å². The van der Waals surface area contributed by atoms with Crippen LogP contribution in [0.2, 0.25) is 0 Å². The van der Waals surface area contributed by atoms with E-state index in [9.17, 15) is 13.2 Å². The molecule has 1 aromatic rings. The highest BCUT2D eigenvalue weighted by atomic mass is 19.3. The fourth-order valence-corrected chi connectivity index (χ4v) is 0.735. The van der Waals surface area contributed by atoms with E-state index in [1.807, 2.05) is 0 Å². The Morgan fingerprint density at radius 1 is 1.36 bits per heavy atom. The van der Waals surface area contributed by atoms with E-state index in [0.717, 1.165) is 12.4 Å². The Labute approximate surface area is 61.9 Å². The van der Waals surface area contributed by atoms with Crippen LogP contribution < -0.4 is 0 Å². The van der Waals surface area contributed by atoms with E-state index in [0.29, 0.717) is 0 Å². The summed E-state index contributed by atoms with van der Waals surface area (Å²) in [6.45, 7) is 1.30. The fourth-order valence-electron chi connectivity index (χ4n) is 0.735. The number of nitrogens with zero attached hydrogens (tertiary/aromatic N) is 1. The summed E-state index contributed by atoms with van der Waals surface area (Å²) in [6, 6.07) is 0. The molecule has 1 heterocycles. The van der Waals surface area contributed by atoms with E-state index < -0.39 is 12.2 Å². The van der Waals surface area contributed by atoms with Crippen molar-refractivity contribution < 1.29 is 13.2 Å². The summed E-state index contributed by atoms with van der Waals surface area (Å²) in [5, 5.41) is 0. The molecule has 1 aromatic heterocycles. The molecule has 0 saturated carbocycles. The van der Waals surface area contributed by atoms with Crippen LogP contribution >= 0.6 is 0 Å². The van der Waals surface area contributed by atoms with Crippen molar-refractivity contribution in [2.75, 3.05) is 0 Å². The summed E-state index contributed by atoms with van der Waals surface area (Å²) in [5.74, 6) is -0.692.